The average molecular weight is 449 g/mol. The molecule has 4 aliphatic carbocycles. The number of allylic oxidation sites excluding steroid dienone is 2. The molecule has 3 aromatic carbocycles. The molecule has 2 amide bonds. The van der Waals surface area contributed by atoms with Crippen LogP contribution in [0.15, 0.2) is 84.0 Å². The number of hydrazone groups is 1. The highest BCUT2D eigenvalue weighted by Crippen LogP contribution is 2.65. The SMILES string of the molecule is O=C1[C@@H]2[C@H]3C=C[C@@H]([C@@H]4C[C@H]34)[C@@H]2C(=O)N1/N=C\c1ccc(OCc2cccc3ccccc23)cc1. The summed E-state index contributed by atoms with van der Waals surface area (Å²) in [6, 6.07) is 22.1. The highest BCUT2D eigenvalue weighted by molar-refractivity contribution is 6.06. The van der Waals surface area contributed by atoms with Crippen LogP contribution in [0, 0.1) is 35.5 Å². The highest BCUT2D eigenvalue weighted by Gasteiger charge is 2.67. The van der Waals surface area contributed by atoms with E-state index in [-0.39, 0.29) is 35.5 Å². The van der Waals surface area contributed by atoms with Crippen molar-refractivity contribution in [2.75, 3.05) is 0 Å². The van der Waals surface area contributed by atoms with Gasteiger partial charge in [0.05, 0.1) is 18.1 Å². The Balaban J connectivity index is 1.04. The normalized spacial score (nSPS) is 30.8. The summed E-state index contributed by atoms with van der Waals surface area (Å²) in [6.45, 7) is 0.479. The first kappa shape index (κ1) is 19.7. The standard InChI is InChI=1S/C29H24N2O3/c32-28-26-22-12-13-23(25-14-24(22)25)27(26)29(33)31(28)30-15-17-8-10-20(11-9-17)34-16-19-6-3-5-18-4-1-2-7-21(18)19/h1-13,15,22-27H,14,16H2/b30-15-/t22-,23-,24-,25+,26-,27+/m0/s1. The van der Waals surface area contributed by atoms with E-state index in [2.05, 4.69) is 41.5 Å². The number of hydrogen-bond acceptors (Lipinski definition) is 4. The maximum absolute atomic E-state index is 13.0. The minimum Gasteiger partial charge on any atom is -0.489 e. The van der Waals surface area contributed by atoms with Crippen LogP contribution in [-0.2, 0) is 16.2 Å². The van der Waals surface area contributed by atoms with Gasteiger partial charge in [0.25, 0.3) is 11.8 Å². The van der Waals surface area contributed by atoms with Gasteiger partial charge in [0.2, 0.25) is 0 Å². The van der Waals surface area contributed by atoms with Crippen LogP contribution in [0.3, 0.4) is 0 Å². The molecule has 5 aliphatic rings. The first-order valence-electron chi connectivity index (χ1n) is 12.0. The van der Waals surface area contributed by atoms with Crippen LogP contribution in [-0.4, -0.2) is 23.0 Å². The molecule has 0 spiro atoms. The van der Waals surface area contributed by atoms with E-state index in [1.165, 1.54) is 10.8 Å². The molecule has 2 saturated carbocycles. The van der Waals surface area contributed by atoms with Crippen molar-refractivity contribution in [1.82, 2.24) is 5.01 Å². The number of amides is 2. The third kappa shape index (κ3) is 2.96. The average Bonchev–Trinajstić information content (AvgIpc) is 3.66. The molecule has 34 heavy (non-hydrogen) atoms. The molecule has 0 radical (unpaired) electrons. The topological polar surface area (TPSA) is 59.0 Å². The monoisotopic (exact) mass is 448 g/mol. The number of ether oxygens (including phenoxy) is 1. The van der Waals surface area contributed by atoms with Crippen molar-refractivity contribution < 1.29 is 14.3 Å². The van der Waals surface area contributed by atoms with E-state index >= 15 is 0 Å². The zero-order chi connectivity index (χ0) is 22.8. The Kier molecular flexibility index (Phi) is 4.28. The second-order valence-corrected chi connectivity index (χ2v) is 9.88. The molecule has 5 heteroatoms. The molecule has 6 atom stereocenters. The molecule has 1 saturated heterocycles. The Bertz CT molecular complexity index is 1330. The number of hydrogen-bond donors (Lipinski definition) is 0. The zero-order valence-corrected chi connectivity index (χ0v) is 18.6. The molecule has 3 fully saturated rings. The lowest BCUT2D eigenvalue weighted by molar-refractivity contribution is -0.140. The Morgan fingerprint density at radius 1 is 0.853 bits per heavy atom. The maximum atomic E-state index is 13.0. The number of carbonyl (C=O) groups is 2. The van der Waals surface area contributed by atoms with Crippen molar-refractivity contribution in [3.63, 3.8) is 0 Å². The molecular weight excluding hydrogens is 424 g/mol. The zero-order valence-electron chi connectivity index (χ0n) is 18.6. The number of nitrogens with zero attached hydrogens (tertiary/aromatic N) is 2. The Morgan fingerprint density at radius 3 is 2.26 bits per heavy atom. The number of benzene rings is 3. The van der Waals surface area contributed by atoms with E-state index in [0.717, 1.165) is 28.3 Å². The van der Waals surface area contributed by atoms with Gasteiger partial charge in [0.1, 0.15) is 12.4 Å². The molecular formula is C29H24N2O3. The minimum atomic E-state index is -0.215. The lowest BCUT2D eigenvalue weighted by Gasteiger charge is -2.37. The summed E-state index contributed by atoms with van der Waals surface area (Å²) in [5, 5.41) is 7.82. The predicted molar refractivity (Wildman–Crippen MR) is 129 cm³/mol. The summed E-state index contributed by atoms with van der Waals surface area (Å²) in [5.41, 5.74) is 1.95. The van der Waals surface area contributed by atoms with Gasteiger partial charge in [-0.1, -0.05) is 54.6 Å². The quantitative estimate of drug-likeness (QED) is 0.320. The Labute approximate surface area is 197 Å². The summed E-state index contributed by atoms with van der Waals surface area (Å²) in [6.07, 6.45) is 7.11. The summed E-state index contributed by atoms with van der Waals surface area (Å²) in [4.78, 5) is 26.1. The van der Waals surface area contributed by atoms with Crippen LogP contribution in [0.25, 0.3) is 10.8 Å². The molecule has 0 unspecified atom stereocenters. The van der Waals surface area contributed by atoms with Crippen molar-refractivity contribution in [3.05, 3.63) is 90.0 Å². The molecule has 2 bridgehead atoms. The van der Waals surface area contributed by atoms with Crippen LogP contribution in [0.5, 0.6) is 5.75 Å². The molecule has 168 valence electrons. The van der Waals surface area contributed by atoms with E-state index in [1.54, 1.807) is 6.21 Å². The van der Waals surface area contributed by atoms with Gasteiger partial charge < -0.3 is 4.74 Å². The third-order valence-electron chi connectivity index (χ3n) is 8.12. The number of fused-ring (bicyclic) bond motifs is 1. The van der Waals surface area contributed by atoms with Gasteiger partial charge in [-0.05, 0) is 76.3 Å². The van der Waals surface area contributed by atoms with Crippen LogP contribution < -0.4 is 4.74 Å². The van der Waals surface area contributed by atoms with Gasteiger partial charge >= 0.3 is 0 Å². The first-order valence-corrected chi connectivity index (χ1v) is 12.0. The molecule has 3 aromatic rings. The van der Waals surface area contributed by atoms with E-state index in [0.29, 0.717) is 18.4 Å². The van der Waals surface area contributed by atoms with Gasteiger partial charge in [-0.3, -0.25) is 9.59 Å². The lowest BCUT2D eigenvalue weighted by atomic mass is 9.63. The number of rotatable bonds is 5. The van der Waals surface area contributed by atoms with Gasteiger partial charge in [0.15, 0.2) is 0 Å². The maximum Gasteiger partial charge on any atom is 0.254 e. The molecule has 1 heterocycles. The fourth-order valence-corrected chi connectivity index (χ4v) is 6.41. The van der Waals surface area contributed by atoms with E-state index in [9.17, 15) is 9.59 Å². The summed E-state index contributed by atoms with van der Waals surface area (Å²) < 4.78 is 6.01. The van der Waals surface area contributed by atoms with Gasteiger partial charge in [0, 0.05) is 0 Å². The Hall–Kier alpha value is -3.73. The van der Waals surface area contributed by atoms with E-state index in [4.69, 9.17) is 4.74 Å². The molecule has 5 nitrogen and oxygen atoms in total. The number of carbonyl (C=O) groups excluding carboxylic acids is 2. The van der Waals surface area contributed by atoms with Crippen molar-refractivity contribution >= 4 is 28.8 Å². The molecule has 1 aliphatic heterocycles. The molecule has 8 rings (SSSR count). The fraction of sp³-hybridized carbons (Fsp3) is 0.276. The smallest absolute Gasteiger partial charge is 0.254 e. The Morgan fingerprint density at radius 2 is 1.53 bits per heavy atom. The second-order valence-electron chi connectivity index (χ2n) is 9.88. The van der Waals surface area contributed by atoms with Crippen LogP contribution in [0.1, 0.15) is 17.5 Å². The first-order chi connectivity index (χ1) is 16.7. The highest BCUT2D eigenvalue weighted by atomic mass is 16.5. The van der Waals surface area contributed by atoms with Crippen LogP contribution in [0.2, 0.25) is 0 Å². The summed E-state index contributed by atoms with van der Waals surface area (Å²) in [7, 11) is 0. The van der Waals surface area contributed by atoms with Gasteiger partial charge in [-0.2, -0.15) is 10.1 Å². The fourth-order valence-electron chi connectivity index (χ4n) is 6.41. The van der Waals surface area contributed by atoms with Gasteiger partial charge in [-0.15, -0.1) is 0 Å². The molecule has 0 aromatic heterocycles. The van der Waals surface area contributed by atoms with Gasteiger partial charge in [-0.25, -0.2) is 0 Å². The van der Waals surface area contributed by atoms with E-state index < -0.39 is 0 Å². The summed E-state index contributed by atoms with van der Waals surface area (Å²) in [5.74, 6) is 1.69. The lowest BCUT2D eigenvalue weighted by Crippen LogP contribution is -2.40. The third-order valence-corrected chi connectivity index (χ3v) is 8.12. The minimum absolute atomic E-state index is 0.133. The molecule has 0 N–H and O–H groups in total. The predicted octanol–water partition coefficient (Wildman–Crippen LogP) is 4.81. The van der Waals surface area contributed by atoms with Crippen molar-refractivity contribution in [2.24, 2.45) is 40.6 Å². The summed E-state index contributed by atoms with van der Waals surface area (Å²) >= 11 is 0. The van der Waals surface area contributed by atoms with Crippen LogP contribution >= 0.6 is 0 Å². The van der Waals surface area contributed by atoms with Crippen molar-refractivity contribution in [1.29, 1.82) is 0 Å². The largest absolute Gasteiger partial charge is 0.489 e. The second kappa shape index (κ2) is 7.39. The van der Waals surface area contributed by atoms with Crippen molar-refractivity contribution in [3.8, 4) is 5.75 Å². The van der Waals surface area contributed by atoms with Crippen LogP contribution in [0.4, 0.5) is 0 Å². The van der Waals surface area contributed by atoms with E-state index in [1.807, 2.05) is 42.5 Å². The van der Waals surface area contributed by atoms with Crippen molar-refractivity contribution in [2.45, 2.75) is 13.0 Å². The number of imide groups is 1.